The standard InChI is InChI=1S/C13H13ClN2O3/c1-2-3-4-5-6-15-13(17)10-7-11(14)9-12(8-10)16(18)19/h1,7-9H,3-6H2,(H,15,17). The summed E-state index contributed by atoms with van der Waals surface area (Å²) in [6.07, 6.45) is 7.36. The van der Waals surface area contributed by atoms with Gasteiger partial charge in [0, 0.05) is 35.7 Å². The van der Waals surface area contributed by atoms with E-state index >= 15 is 0 Å². The number of non-ortho nitro benzene ring substituents is 1. The van der Waals surface area contributed by atoms with E-state index in [1.165, 1.54) is 18.2 Å². The fourth-order valence-electron chi connectivity index (χ4n) is 1.47. The molecule has 0 aliphatic rings. The van der Waals surface area contributed by atoms with Crippen molar-refractivity contribution in [2.24, 2.45) is 0 Å². The minimum atomic E-state index is -0.588. The number of halogens is 1. The van der Waals surface area contributed by atoms with Crippen molar-refractivity contribution in [3.8, 4) is 12.3 Å². The number of benzene rings is 1. The summed E-state index contributed by atoms with van der Waals surface area (Å²) in [5, 5.41) is 13.5. The number of hydrogen-bond acceptors (Lipinski definition) is 3. The molecule has 0 saturated carbocycles. The Morgan fingerprint density at radius 3 is 2.79 bits per heavy atom. The molecule has 0 heterocycles. The largest absolute Gasteiger partial charge is 0.352 e. The number of nitro groups is 1. The third-order valence-electron chi connectivity index (χ3n) is 2.39. The Bertz CT molecular complexity index is 523. The smallest absolute Gasteiger partial charge is 0.271 e. The lowest BCUT2D eigenvalue weighted by Crippen LogP contribution is -2.24. The van der Waals surface area contributed by atoms with Gasteiger partial charge in [-0.3, -0.25) is 14.9 Å². The molecule has 0 aliphatic heterocycles. The molecule has 0 aromatic heterocycles. The van der Waals surface area contributed by atoms with Gasteiger partial charge in [0.2, 0.25) is 0 Å². The number of carbonyl (C=O) groups is 1. The molecule has 1 aromatic rings. The molecule has 0 fully saturated rings. The summed E-state index contributed by atoms with van der Waals surface area (Å²) in [7, 11) is 0. The van der Waals surface area contributed by atoms with Crippen LogP contribution in [0.25, 0.3) is 0 Å². The molecule has 0 aliphatic carbocycles. The van der Waals surface area contributed by atoms with E-state index in [4.69, 9.17) is 18.0 Å². The molecule has 1 amide bonds. The number of rotatable bonds is 6. The third-order valence-corrected chi connectivity index (χ3v) is 2.61. The Balaban J connectivity index is 2.62. The summed E-state index contributed by atoms with van der Waals surface area (Å²) < 4.78 is 0. The van der Waals surface area contributed by atoms with Crippen LogP contribution >= 0.6 is 11.6 Å². The number of terminal acetylenes is 1. The van der Waals surface area contributed by atoms with E-state index in [1.807, 2.05) is 0 Å². The Labute approximate surface area is 116 Å². The lowest BCUT2D eigenvalue weighted by atomic mass is 10.2. The molecule has 19 heavy (non-hydrogen) atoms. The van der Waals surface area contributed by atoms with Gasteiger partial charge in [-0.1, -0.05) is 11.6 Å². The molecule has 0 bridgehead atoms. The van der Waals surface area contributed by atoms with Crippen LogP contribution in [0.15, 0.2) is 18.2 Å². The average molecular weight is 281 g/mol. The van der Waals surface area contributed by atoms with E-state index in [2.05, 4.69) is 11.2 Å². The maximum atomic E-state index is 11.8. The summed E-state index contributed by atoms with van der Waals surface area (Å²) in [5.74, 6) is 2.13. The summed E-state index contributed by atoms with van der Waals surface area (Å²) >= 11 is 5.73. The molecule has 0 radical (unpaired) electrons. The lowest BCUT2D eigenvalue weighted by molar-refractivity contribution is -0.384. The van der Waals surface area contributed by atoms with Crippen LogP contribution in [-0.4, -0.2) is 17.4 Å². The van der Waals surface area contributed by atoms with Crippen LogP contribution in [0.4, 0.5) is 5.69 Å². The Morgan fingerprint density at radius 2 is 2.16 bits per heavy atom. The van der Waals surface area contributed by atoms with E-state index in [1.54, 1.807) is 0 Å². The van der Waals surface area contributed by atoms with Crippen LogP contribution in [0.5, 0.6) is 0 Å². The molecule has 5 nitrogen and oxygen atoms in total. The van der Waals surface area contributed by atoms with Gasteiger partial charge in [0.25, 0.3) is 11.6 Å². The molecule has 0 atom stereocenters. The van der Waals surface area contributed by atoms with Crippen molar-refractivity contribution in [3.05, 3.63) is 38.9 Å². The van der Waals surface area contributed by atoms with Gasteiger partial charge in [-0.25, -0.2) is 0 Å². The van der Waals surface area contributed by atoms with E-state index in [0.29, 0.717) is 13.0 Å². The van der Waals surface area contributed by atoms with Crippen molar-refractivity contribution < 1.29 is 9.72 Å². The summed E-state index contributed by atoms with van der Waals surface area (Å²) in [6.45, 7) is 0.473. The van der Waals surface area contributed by atoms with Crippen LogP contribution in [-0.2, 0) is 0 Å². The van der Waals surface area contributed by atoms with E-state index in [9.17, 15) is 14.9 Å². The van der Waals surface area contributed by atoms with Crippen LogP contribution in [0, 0.1) is 22.5 Å². The number of nitro benzene ring substituents is 1. The molecule has 6 heteroatoms. The van der Waals surface area contributed by atoms with Crippen molar-refractivity contribution in [2.75, 3.05) is 6.54 Å². The van der Waals surface area contributed by atoms with Gasteiger partial charge in [-0.05, 0) is 18.9 Å². The predicted molar refractivity (Wildman–Crippen MR) is 73.1 cm³/mol. The fraction of sp³-hybridized carbons (Fsp3) is 0.308. The number of hydrogen-bond donors (Lipinski definition) is 1. The minimum absolute atomic E-state index is 0.159. The Morgan fingerprint density at radius 1 is 1.42 bits per heavy atom. The second-order valence-corrected chi connectivity index (χ2v) is 4.31. The van der Waals surface area contributed by atoms with Crippen molar-refractivity contribution in [1.82, 2.24) is 5.32 Å². The van der Waals surface area contributed by atoms with Gasteiger partial charge in [0.15, 0.2) is 0 Å². The Hall–Kier alpha value is -2.06. The second kappa shape index (κ2) is 7.39. The first-order valence-corrected chi connectivity index (χ1v) is 6.09. The zero-order valence-electron chi connectivity index (χ0n) is 10.2. The van der Waals surface area contributed by atoms with Gasteiger partial charge >= 0.3 is 0 Å². The third kappa shape index (κ3) is 4.98. The van der Waals surface area contributed by atoms with Crippen LogP contribution < -0.4 is 5.32 Å². The SMILES string of the molecule is C#CCCCCNC(=O)c1cc(Cl)cc([N+](=O)[O-])c1. The highest BCUT2D eigenvalue weighted by molar-refractivity contribution is 6.31. The molecule has 0 saturated heterocycles. The van der Waals surface area contributed by atoms with Gasteiger partial charge in [0.1, 0.15) is 0 Å². The average Bonchev–Trinajstić information content (AvgIpc) is 2.37. The van der Waals surface area contributed by atoms with Crippen molar-refractivity contribution >= 4 is 23.2 Å². The molecule has 0 spiro atoms. The maximum absolute atomic E-state index is 11.8. The van der Waals surface area contributed by atoms with E-state index in [0.717, 1.165) is 12.8 Å². The van der Waals surface area contributed by atoms with Gasteiger partial charge in [-0.15, -0.1) is 12.3 Å². The zero-order chi connectivity index (χ0) is 14.3. The molecular formula is C13H13ClN2O3. The van der Waals surface area contributed by atoms with Gasteiger partial charge < -0.3 is 5.32 Å². The van der Waals surface area contributed by atoms with Crippen LogP contribution in [0.2, 0.25) is 5.02 Å². The normalized spacial score (nSPS) is 9.68. The van der Waals surface area contributed by atoms with Crippen molar-refractivity contribution in [3.63, 3.8) is 0 Å². The van der Waals surface area contributed by atoms with Crippen LogP contribution in [0.3, 0.4) is 0 Å². The first-order chi connectivity index (χ1) is 9.04. The maximum Gasteiger partial charge on any atom is 0.271 e. The number of carbonyl (C=O) groups excluding carboxylic acids is 1. The summed E-state index contributed by atoms with van der Waals surface area (Å²) in [5.41, 5.74) is -0.0267. The fourth-order valence-corrected chi connectivity index (χ4v) is 1.70. The number of amides is 1. The second-order valence-electron chi connectivity index (χ2n) is 3.87. The molecule has 1 N–H and O–H groups in total. The van der Waals surface area contributed by atoms with Crippen LogP contribution in [0.1, 0.15) is 29.6 Å². The quantitative estimate of drug-likeness (QED) is 0.377. The number of unbranched alkanes of at least 4 members (excludes halogenated alkanes) is 2. The molecule has 1 aromatic carbocycles. The van der Waals surface area contributed by atoms with Gasteiger partial charge in [-0.2, -0.15) is 0 Å². The molecule has 0 unspecified atom stereocenters. The monoisotopic (exact) mass is 280 g/mol. The summed E-state index contributed by atoms with van der Waals surface area (Å²) in [4.78, 5) is 21.8. The van der Waals surface area contributed by atoms with Crippen molar-refractivity contribution in [2.45, 2.75) is 19.3 Å². The Kier molecular flexibility index (Phi) is 5.83. The number of nitrogens with zero attached hydrogens (tertiary/aromatic N) is 1. The highest BCUT2D eigenvalue weighted by Gasteiger charge is 2.13. The zero-order valence-corrected chi connectivity index (χ0v) is 10.9. The first-order valence-electron chi connectivity index (χ1n) is 5.71. The van der Waals surface area contributed by atoms with Crippen molar-refractivity contribution in [1.29, 1.82) is 0 Å². The molecule has 100 valence electrons. The highest BCUT2D eigenvalue weighted by Crippen LogP contribution is 2.20. The van der Waals surface area contributed by atoms with Gasteiger partial charge in [0.05, 0.1) is 4.92 Å². The van der Waals surface area contributed by atoms with E-state index < -0.39 is 4.92 Å². The first kappa shape index (κ1) is 15.0. The van der Waals surface area contributed by atoms with E-state index in [-0.39, 0.29) is 22.2 Å². The molecule has 1 rings (SSSR count). The lowest BCUT2D eigenvalue weighted by Gasteiger charge is -2.05. The molecular weight excluding hydrogens is 268 g/mol. The summed E-state index contributed by atoms with van der Waals surface area (Å²) in [6, 6.07) is 3.79. The minimum Gasteiger partial charge on any atom is -0.352 e. The predicted octanol–water partition coefficient (Wildman–Crippen LogP) is 2.78. The highest BCUT2D eigenvalue weighted by atomic mass is 35.5. The number of nitrogens with one attached hydrogen (secondary N) is 1. The topological polar surface area (TPSA) is 72.2 Å².